The molecular weight excluding hydrogens is 336 g/mol. The van der Waals surface area contributed by atoms with Gasteiger partial charge in [0.15, 0.2) is 0 Å². The maximum absolute atomic E-state index is 12.8. The van der Waals surface area contributed by atoms with Crippen molar-refractivity contribution in [2.75, 3.05) is 13.1 Å². The number of nitrogens with one attached hydrogen (secondary N) is 2. The van der Waals surface area contributed by atoms with Crippen molar-refractivity contribution in [2.24, 2.45) is 5.92 Å². The highest BCUT2D eigenvalue weighted by atomic mass is 16.2. The van der Waals surface area contributed by atoms with Crippen LogP contribution in [0.4, 0.5) is 0 Å². The molecule has 0 radical (unpaired) electrons. The molecule has 0 aliphatic carbocycles. The Morgan fingerprint density at radius 3 is 2.81 bits per heavy atom. The van der Waals surface area contributed by atoms with Crippen LogP contribution in [0, 0.1) is 5.92 Å². The fourth-order valence-electron chi connectivity index (χ4n) is 4.23. The average molecular weight is 364 g/mol. The van der Waals surface area contributed by atoms with Crippen molar-refractivity contribution in [3.05, 3.63) is 65.5 Å². The molecule has 1 aromatic heterocycles. The Morgan fingerprint density at radius 1 is 1.22 bits per heavy atom. The first-order valence-electron chi connectivity index (χ1n) is 9.92. The first kappa shape index (κ1) is 18.1. The average Bonchev–Trinajstić information content (AvgIpc) is 2.70. The number of pyridine rings is 1. The zero-order valence-electron chi connectivity index (χ0n) is 15.9. The van der Waals surface area contributed by atoms with Gasteiger partial charge in [-0.1, -0.05) is 37.3 Å². The SMILES string of the molecule is C[C@@H]1CN(Cc2ccccn2)CC[C@H]1NC(=O)[C@@H]1Cc2ccccc2CN1. The van der Waals surface area contributed by atoms with Crippen LogP contribution in [0.15, 0.2) is 48.7 Å². The van der Waals surface area contributed by atoms with Gasteiger partial charge in [-0.2, -0.15) is 0 Å². The van der Waals surface area contributed by atoms with Crippen LogP contribution in [0.1, 0.15) is 30.2 Å². The molecule has 0 saturated carbocycles. The van der Waals surface area contributed by atoms with Crippen molar-refractivity contribution in [1.29, 1.82) is 0 Å². The Labute approximate surface area is 161 Å². The van der Waals surface area contributed by atoms with Gasteiger partial charge in [0.1, 0.15) is 0 Å². The molecule has 3 heterocycles. The summed E-state index contributed by atoms with van der Waals surface area (Å²) in [7, 11) is 0. The number of benzene rings is 1. The maximum atomic E-state index is 12.8. The Kier molecular flexibility index (Phi) is 5.50. The molecule has 3 atom stereocenters. The molecule has 5 heteroatoms. The van der Waals surface area contributed by atoms with E-state index in [9.17, 15) is 4.79 Å². The second-order valence-corrected chi connectivity index (χ2v) is 7.84. The molecule has 142 valence electrons. The Balaban J connectivity index is 1.29. The topological polar surface area (TPSA) is 57.3 Å². The van der Waals surface area contributed by atoms with Crippen LogP contribution in [0.5, 0.6) is 0 Å². The Morgan fingerprint density at radius 2 is 2.04 bits per heavy atom. The highest BCUT2D eigenvalue weighted by Gasteiger charge is 2.30. The van der Waals surface area contributed by atoms with Gasteiger partial charge in [-0.15, -0.1) is 0 Å². The number of hydrogen-bond acceptors (Lipinski definition) is 4. The van der Waals surface area contributed by atoms with Crippen molar-refractivity contribution in [3.63, 3.8) is 0 Å². The number of fused-ring (bicyclic) bond motifs is 1. The van der Waals surface area contributed by atoms with E-state index in [-0.39, 0.29) is 18.0 Å². The number of piperidine rings is 1. The fraction of sp³-hybridized carbons (Fsp3) is 0.455. The maximum Gasteiger partial charge on any atom is 0.237 e. The van der Waals surface area contributed by atoms with Crippen molar-refractivity contribution < 1.29 is 4.79 Å². The van der Waals surface area contributed by atoms with E-state index >= 15 is 0 Å². The Bertz CT molecular complexity index is 779. The van der Waals surface area contributed by atoms with Gasteiger partial charge in [0, 0.05) is 38.4 Å². The van der Waals surface area contributed by atoms with Crippen LogP contribution in [0.25, 0.3) is 0 Å². The van der Waals surface area contributed by atoms with Gasteiger partial charge in [0.25, 0.3) is 0 Å². The number of hydrogen-bond donors (Lipinski definition) is 2. The summed E-state index contributed by atoms with van der Waals surface area (Å²) in [4.78, 5) is 19.7. The third-order valence-corrected chi connectivity index (χ3v) is 5.83. The third-order valence-electron chi connectivity index (χ3n) is 5.83. The van der Waals surface area contributed by atoms with E-state index in [1.165, 1.54) is 11.1 Å². The van der Waals surface area contributed by atoms with Crippen molar-refractivity contribution >= 4 is 5.91 Å². The number of likely N-dealkylation sites (tertiary alicyclic amines) is 1. The number of amides is 1. The lowest BCUT2D eigenvalue weighted by Crippen LogP contribution is -2.55. The zero-order chi connectivity index (χ0) is 18.6. The minimum absolute atomic E-state index is 0.126. The molecule has 2 aliphatic rings. The number of aromatic nitrogens is 1. The standard InChI is InChI=1S/C22H28N4O/c1-16-14-26(15-19-8-4-5-10-23-19)11-9-20(16)25-22(27)21-12-17-6-2-3-7-18(17)13-24-21/h2-8,10,16,20-21,24H,9,11-15H2,1H3,(H,25,27)/t16-,20-,21+/m1/s1. The third kappa shape index (κ3) is 4.37. The van der Waals surface area contributed by atoms with E-state index < -0.39 is 0 Å². The van der Waals surface area contributed by atoms with Gasteiger partial charge < -0.3 is 10.6 Å². The molecule has 2 N–H and O–H groups in total. The summed E-state index contributed by atoms with van der Waals surface area (Å²) in [5.41, 5.74) is 3.70. The smallest absolute Gasteiger partial charge is 0.237 e. The molecule has 4 rings (SSSR count). The number of nitrogens with zero attached hydrogens (tertiary/aromatic N) is 2. The van der Waals surface area contributed by atoms with E-state index in [0.717, 1.165) is 44.7 Å². The predicted molar refractivity (Wildman–Crippen MR) is 106 cm³/mol. The second-order valence-electron chi connectivity index (χ2n) is 7.84. The molecule has 1 fully saturated rings. The lowest BCUT2D eigenvalue weighted by molar-refractivity contribution is -0.124. The minimum Gasteiger partial charge on any atom is -0.352 e. The van der Waals surface area contributed by atoms with Gasteiger partial charge in [-0.3, -0.25) is 14.7 Å². The lowest BCUT2D eigenvalue weighted by Gasteiger charge is -2.38. The van der Waals surface area contributed by atoms with E-state index in [2.05, 4.69) is 57.8 Å². The minimum atomic E-state index is -0.126. The predicted octanol–water partition coefficient (Wildman–Crippen LogP) is 2.12. The van der Waals surface area contributed by atoms with Crippen LogP contribution >= 0.6 is 0 Å². The number of carbonyl (C=O) groups is 1. The first-order valence-corrected chi connectivity index (χ1v) is 9.92. The highest BCUT2D eigenvalue weighted by Crippen LogP contribution is 2.20. The summed E-state index contributed by atoms with van der Waals surface area (Å²) in [5, 5.41) is 6.70. The lowest BCUT2D eigenvalue weighted by atomic mass is 9.92. The summed E-state index contributed by atoms with van der Waals surface area (Å²) in [6.45, 7) is 5.87. The summed E-state index contributed by atoms with van der Waals surface area (Å²) >= 11 is 0. The molecule has 1 aromatic carbocycles. The van der Waals surface area contributed by atoms with Gasteiger partial charge >= 0.3 is 0 Å². The zero-order valence-corrected chi connectivity index (χ0v) is 15.9. The van der Waals surface area contributed by atoms with Crippen LogP contribution < -0.4 is 10.6 Å². The molecule has 27 heavy (non-hydrogen) atoms. The largest absolute Gasteiger partial charge is 0.352 e. The molecule has 2 aliphatic heterocycles. The van der Waals surface area contributed by atoms with Crippen molar-refractivity contribution in [1.82, 2.24) is 20.5 Å². The van der Waals surface area contributed by atoms with Gasteiger partial charge in [0.2, 0.25) is 5.91 Å². The summed E-state index contributed by atoms with van der Waals surface area (Å²) in [5.74, 6) is 0.571. The molecule has 1 amide bonds. The molecular formula is C22H28N4O. The van der Waals surface area contributed by atoms with E-state index in [1.54, 1.807) is 0 Å². The van der Waals surface area contributed by atoms with E-state index in [4.69, 9.17) is 0 Å². The summed E-state index contributed by atoms with van der Waals surface area (Å²) in [6, 6.07) is 14.6. The van der Waals surface area contributed by atoms with Crippen LogP contribution in [-0.4, -0.2) is 41.0 Å². The summed E-state index contributed by atoms with van der Waals surface area (Å²) < 4.78 is 0. The fourth-order valence-corrected chi connectivity index (χ4v) is 4.23. The molecule has 0 bridgehead atoms. The molecule has 0 spiro atoms. The van der Waals surface area contributed by atoms with Gasteiger partial charge in [0.05, 0.1) is 11.7 Å². The van der Waals surface area contributed by atoms with Crippen molar-refractivity contribution in [2.45, 2.75) is 44.9 Å². The van der Waals surface area contributed by atoms with Crippen LogP contribution in [-0.2, 0) is 24.3 Å². The van der Waals surface area contributed by atoms with Gasteiger partial charge in [-0.05, 0) is 42.0 Å². The monoisotopic (exact) mass is 364 g/mol. The number of carbonyl (C=O) groups excluding carboxylic acids is 1. The molecule has 2 aromatic rings. The molecule has 0 unspecified atom stereocenters. The van der Waals surface area contributed by atoms with Crippen LogP contribution in [0.2, 0.25) is 0 Å². The van der Waals surface area contributed by atoms with E-state index in [1.807, 2.05) is 18.3 Å². The first-order chi connectivity index (χ1) is 13.2. The van der Waals surface area contributed by atoms with Gasteiger partial charge in [-0.25, -0.2) is 0 Å². The number of rotatable bonds is 4. The molecule has 1 saturated heterocycles. The normalized spacial score (nSPS) is 25.6. The second kappa shape index (κ2) is 8.19. The quantitative estimate of drug-likeness (QED) is 0.873. The van der Waals surface area contributed by atoms with Crippen molar-refractivity contribution in [3.8, 4) is 0 Å². The summed E-state index contributed by atoms with van der Waals surface area (Å²) in [6.07, 6.45) is 3.61. The van der Waals surface area contributed by atoms with Crippen LogP contribution in [0.3, 0.4) is 0 Å². The Hall–Kier alpha value is -2.24. The van der Waals surface area contributed by atoms with E-state index in [0.29, 0.717) is 5.92 Å². The highest BCUT2D eigenvalue weighted by molar-refractivity contribution is 5.82. The molecule has 5 nitrogen and oxygen atoms in total.